The van der Waals surface area contributed by atoms with Gasteiger partial charge in [0, 0.05) is 18.2 Å². The average Bonchev–Trinajstić information content (AvgIpc) is 2.19. The van der Waals surface area contributed by atoms with Crippen molar-refractivity contribution in [3.05, 3.63) is 22.2 Å². The van der Waals surface area contributed by atoms with Crippen molar-refractivity contribution in [2.45, 2.75) is 6.10 Å². The van der Waals surface area contributed by atoms with Crippen LogP contribution in [0, 0.1) is 0 Å². The molecule has 14 heavy (non-hydrogen) atoms. The lowest BCUT2D eigenvalue weighted by molar-refractivity contribution is 0.182. The molecule has 4 N–H and O–H groups in total. The highest BCUT2D eigenvalue weighted by atomic mass is 79.9. The number of hydrogen-bond donors (Lipinski definition) is 3. The number of aliphatic hydroxyl groups excluding tert-OH is 1. The summed E-state index contributed by atoms with van der Waals surface area (Å²) in [6.07, 6.45) is -0.864. The van der Waals surface area contributed by atoms with Crippen LogP contribution in [0.5, 0.6) is 11.5 Å². The van der Waals surface area contributed by atoms with E-state index in [4.69, 9.17) is 10.5 Å². The topological polar surface area (TPSA) is 75.7 Å². The van der Waals surface area contributed by atoms with E-state index in [1.807, 2.05) is 0 Å². The van der Waals surface area contributed by atoms with Gasteiger partial charge in [-0.2, -0.15) is 0 Å². The van der Waals surface area contributed by atoms with Crippen molar-refractivity contribution in [2.24, 2.45) is 5.73 Å². The molecule has 5 heteroatoms. The van der Waals surface area contributed by atoms with Crippen LogP contribution in [0.1, 0.15) is 11.7 Å². The Hall–Kier alpha value is -0.780. The van der Waals surface area contributed by atoms with E-state index in [0.29, 0.717) is 15.8 Å². The number of aromatic hydroxyl groups is 1. The van der Waals surface area contributed by atoms with Gasteiger partial charge in [-0.15, -0.1) is 0 Å². The van der Waals surface area contributed by atoms with E-state index in [1.165, 1.54) is 13.2 Å². The predicted octanol–water partition coefficient (Wildman–Crippen LogP) is 1.16. The minimum absolute atomic E-state index is 0.0250. The zero-order valence-corrected chi connectivity index (χ0v) is 9.28. The molecule has 0 bridgehead atoms. The monoisotopic (exact) mass is 261 g/mol. The number of aliphatic hydroxyl groups is 1. The molecule has 0 aliphatic carbocycles. The molecule has 0 aliphatic heterocycles. The minimum Gasteiger partial charge on any atom is -0.507 e. The van der Waals surface area contributed by atoms with Gasteiger partial charge in [-0.3, -0.25) is 0 Å². The van der Waals surface area contributed by atoms with Crippen molar-refractivity contribution in [3.63, 3.8) is 0 Å². The largest absolute Gasteiger partial charge is 0.507 e. The number of ether oxygens (including phenoxy) is 1. The third-order valence-electron chi connectivity index (χ3n) is 1.88. The molecular weight excluding hydrogens is 250 g/mol. The smallest absolute Gasteiger partial charge is 0.136 e. The number of hydrogen-bond acceptors (Lipinski definition) is 4. The van der Waals surface area contributed by atoms with Crippen LogP contribution in [-0.4, -0.2) is 23.9 Å². The summed E-state index contributed by atoms with van der Waals surface area (Å²) < 4.78 is 5.64. The van der Waals surface area contributed by atoms with Gasteiger partial charge < -0.3 is 20.7 Å². The molecule has 0 spiro atoms. The molecular formula is C9H12BrNO3. The summed E-state index contributed by atoms with van der Waals surface area (Å²) in [6, 6.07) is 3.02. The van der Waals surface area contributed by atoms with E-state index < -0.39 is 6.10 Å². The molecule has 1 aromatic carbocycles. The Morgan fingerprint density at radius 2 is 2.21 bits per heavy atom. The first-order chi connectivity index (χ1) is 6.60. The minimum atomic E-state index is -0.864. The number of nitrogens with two attached hydrogens (primary N) is 1. The molecule has 0 aromatic heterocycles. The maximum atomic E-state index is 9.53. The first-order valence-electron chi connectivity index (χ1n) is 4.04. The van der Waals surface area contributed by atoms with Crippen LogP contribution in [0.3, 0.4) is 0 Å². The molecule has 0 heterocycles. The van der Waals surface area contributed by atoms with Crippen LogP contribution in [0.25, 0.3) is 0 Å². The summed E-state index contributed by atoms with van der Waals surface area (Å²) in [7, 11) is 1.50. The molecule has 0 amide bonds. The van der Waals surface area contributed by atoms with Gasteiger partial charge in [-0.1, -0.05) is 0 Å². The Morgan fingerprint density at radius 1 is 1.57 bits per heavy atom. The lowest BCUT2D eigenvalue weighted by atomic mass is 10.1. The first-order valence-corrected chi connectivity index (χ1v) is 4.84. The van der Waals surface area contributed by atoms with Crippen LogP contribution >= 0.6 is 15.9 Å². The summed E-state index contributed by atoms with van der Waals surface area (Å²) in [6.45, 7) is 0.0618. The quantitative estimate of drug-likeness (QED) is 0.763. The number of methoxy groups -OCH3 is 1. The second-order valence-corrected chi connectivity index (χ2v) is 3.65. The number of phenolic OH excluding ortho intramolecular Hbond substituents is 1. The fourth-order valence-electron chi connectivity index (χ4n) is 1.11. The van der Waals surface area contributed by atoms with Gasteiger partial charge in [-0.25, -0.2) is 0 Å². The first kappa shape index (κ1) is 11.3. The zero-order valence-electron chi connectivity index (χ0n) is 7.70. The lowest BCUT2D eigenvalue weighted by Crippen LogP contribution is -2.11. The Balaban J connectivity index is 3.14. The molecule has 0 aliphatic rings. The molecule has 0 fully saturated rings. The van der Waals surface area contributed by atoms with Crippen molar-refractivity contribution in [2.75, 3.05) is 13.7 Å². The van der Waals surface area contributed by atoms with Crippen LogP contribution in [0.4, 0.5) is 0 Å². The van der Waals surface area contributed by atoms with E-state index >= 15 is 0 Å². The van der Waals surface area contributed by atoms with E-state index in [2.05, 4.69) is 15.9 Å². The molecule has 0 radical (unpaired) electrons. The van der Waals surface area contributed by atoms with Crippen LogP contribution in [0.2, 0.25) is 0 Å². The van der Waals surface area contributed by atoms with Crippen molar-refractivity contribution in [3.8, 4) is 11.5 Å². The predicted molar refractivity (Wildman–Crippen MR) is 56.4 cm³/mol. The Bertz CT molecular complexity index is 330. The summed E-state index contributed by atoms with van der Waals surface area (Å²) in [5.41, 5.74) is 5.67. The third kappa shape index (κ3) is 2.17. The van der Waals surface area contributed by atoms with Crippen molar-refractivity contribution in [1.82, 2.24) is 0 Å². The second kappa shape index (κ2) is 4.63. The van der Waals surface area contributed by atoms with Crippen LogP contribution < -0.4 is 10.5 Å². The van der Waals surface area contributed by atoms with Gasteiger partial charge in [0.05, 0.1) is 17.7 Å². The summed E-state index contributed by atoms with van der Waals surface area (Å²) in [5, 5.41) is 19.0. The molecule has 4 nitrogen and oxygen atoms in total. The molecule has 1 atom stereocenters. The molecule has 1 unspecified atom stereocenters. The molecule has 1 rings (SSSR count). The van der Waals surface area contributed by atoms with Gasteiger partial charge >= 0.3 is 0 Å². The van der Waals surface area contributed by atoms with Gasteiger partial charge in [-0.05, 0) is 22.0 Å². The van der Waals surface area contributed by atoms with E-state index in [0.717, 1.165) is 0 Å². The van der Waals surface area contributed by atoms with Crippen LogP contribution in [-0.2, 0) is 0 Å². The summed E-state index contributed by atoms with van der Waals surface area (Å²) >= 11 is 3.25. The number of benzene rings is 1. The normalized spacial score (nSPS) is 12.6. The molecule has 0 saturated carbocycles. The van der Waals surface area contributed by atoms with E-state index in [-0.39, 0.29) is 12.3 Å². The average molecular weight is 262 g/mol. The Kier molecular flexibility index (Phi) is 3.74. The Labute approximate surface area is 90.4 Å². The molecule has 0 saturated heterocycles. The fraction of sp³-hybridized carbons (Fsp3) is 0.333. The summed E-state index contributed by atoms with van der Waals surface area (Å²) in [4.78, 5) is 0. The van der Waals surface area contributed by atoms with E-state index in [9.17, 15) is 10.2 Å². The maximum absolute atomic E-state index is 9.53. The highest BCUT2D eigenvalue weighted by molar-refractivity contribution is 9.10. The number of halogens is 1. The Morgan fingerprint density at radius 3 is 2.71 bits per heavy atom. The van der Waals surface area contributed by atoms with Gasteiger partial charge in [0.1, 0.15) is 11.5 Å². The lowest BCUT2D eigenvalue weighted by Gasteiger charge is -2.12. The summed E-state index contributed by atoms with van der Waals surface area (Å²) in [5.74, 6) is 0.485. The van der Waals surface area contributed by atoms with Gasteiger partial charge in [0.2, 0.25) is 0 Å². The van der Waals surface area contributed by atoms with Crippen LogP contribution in [0.15, 0.2) is 16.6 Å². The highest BCUT2D eigenvalue weighted by Gasteiger charge is 2.13. The third-order valence-corrected chi connectivity index (χ3v) is 2.50. The van der Waals surface area contributed by atoms with E-state index in [1.54, 1.807) is 6.07 Å². The zero-order chi connectivity index (χ0) is 10.7. The number of phenols is 1. The highest BCUT2D eigenvalue weighted by Crippen LogP contribution is 2.34. The van der Waals surface area contributed by atoms with Crippen molar-refractivity contribution >= 4 is 15.9 Å². The molecule has 1 aromatic rings. The number of rotatable bonds is 3. The van der Waals surface area contributed by atoms with Gasteiger partial charge in [0.25, 0.3) is 0 Å². The van der Waals surface area contributed by atoms with Gasteiger partial charge in [0.15, 0.2) is 0 Å². The standard InChI is InChI=1S/C9H12BrNO3/c1-14-9-3-7(12)5(2-6(9)10)8(13)4-11/h2-3,8,12-13H,4,11H2,1H3. The molecule has 78 valence electrons. The SMILES string of the molecule is COc1cc(O)c(C(O)CN)cc1Br. The second-order valence-electron chi connectivity index (χ2n) is 2.80. The fourth-order valence-corrected chi connectivity index (χ4v) is 1.63. The van der Waals surface area contributed by atoms with Crippen molar-refractivity contribution in [1.29, 1.82) is 0 Å². The van der Waals surface area contributed by atoms with Crippen molar-refractivity contribution < 1.29 is 14.9 Å². The maximum Gasteiger partial charge on any atom is 0.136 e.